The molecule has 0 heterocycles. The van der Waals surface area contributed by atoms with Crippen LogP contribution in [0, 0.1) is 6.92 Å². The van der Waals surface area contributed by atoms with E-state index < -0.39 is 11.8 Å². The van der Waals surface area contributed by atoms with E-state index in [1.807, 2.05) is 37.3 Å². The molecule has 0 unspecified atom stereocenters. The summed E-state index contributed by atoms with van der Waals surface area (Å²) in [5.41, 5.74) is 3.24. The number of benzene rings is 4. The highest BCUT2D eigenvalue weighted by molar-refractivity contribution is 8.00. The molecule has 0 saturated carbocycles. The molecule has 40 heavy (non-hydrogen) atoms. The van der Waals surface area contributed by atoms with Crippen molar-refractivity contribution in [1.29, 1.82) is 0 Å². The molecule has 4 rings (SSSR count). The quantitative estimate of drug-likeness (QED) is 0.140. The minimum Gasteiger partial charge on any atom is -0.325 e. The van der Waals surface area contributed by atoms with Crippen molar-refractivity contribution >= 4 is 70.1 Å². The normalized spacial score (nSPS) is 11.0. The molecule has 0 aromatic heterocycles. The van der Waals surface area contributed by atoms with Crippen LogP contribution in [0.5, 0.6) is 0 Å². The van der Waals surface area contributed by atoms with Gasteiger partial charge in [-0.3, -0.25) is 14.4 Å². The van der Waals surface area contributed by atoms with Crippen LogP contribution < -0.4 is 16.0 Å². The van der Waals surface area contributed by atoms with Crippen LogP contribution in [-0.2, 0) is 9.59 Å². The van der Waals surface area contributed by atoms with Gasteiger partial charge in [0.05, 0.1) is 5.75 Å². The first-order valence-electron chi connectivity index (χ1n) is 12.2. The standard InChI is InChI=1S/C31H25Cl2N3O3S/c1-20-10-14-24(15-11-20)34-29(37)19-40-26-9-5-8-25(18-26)35-31(39)28(16-22-12-13-23(32)17-27(22)33)36-30(38)21-6-3-2-4-7-21/h2-18H,19H2,1H3,(H,34,37)(H,35,39)(H,36,38)/b28-16+. The molecular weight excluding hydrogens is 565 g/mol. The van der Waals surface area contributed by atoms with Crippen LogP contribution in [0.4, 0.5) is 11.4 Å². The Morgan fingerprint density at radius 1 is 0.800 bits per heavy atom. The molecule has 0 atom stereocenters. The van der Waals surface area contributed by atoms with Crippen molar-refractivity contribution in [3.63, 3.8) is 0 Å². The predicted octanol–water partition coefficient (Wildman–Crippen LogP) is 7.44. The molecule has 0 aliphatic rings. The highest BCUT2D eigenvalue weighted by Gasteiger charge is 2.16. The van der Waals surface area contributed by atoms with Crippen LogP contribution in [0.2, 0.25) is 10.0 Å². The first-order chi connectivity index (χ1) is 19.3. The monoisotopic (exact) mass is 589 g/mol. The maximum absolute atomic E-state index is 13.3. The number of anilines is 2. The van der Waals surface area contributed by atoms with Gasteiger partial charge < -0.3 is 16.0 Å². The Balaban J connectivity index is 1.47. The third-order valence-electron chi connectivity index (χ3n) is 5.59. The highest BCUT2D eigenvalue weighted by atomic mass is 35.5. The van der Waals surface area contributed by atoms with Gasteiger partial charge in [0.2, 0.25) is 5.91 Å². The van der Waals surface area contributed by atoms with Gasteiger partial charge in [0, 0.05) is 31.9 Å². The predicted molar refractivity (Wildman–Crippen MR) is 164 cm³/mol. The number of aryl methyl sites for hydroxylation is 1. The summed E-state index contributed by atoms with van der Waals surface area (Å²) in [6.07, 6.45) is 1.49. The number of rotatable bonds is 9. The molecule has 0 spiro atoms. The molecule has 0 aliphatic carbocycles. The fourth-order valence-electron chi connectivity index (χ4n) is 3.56. The van der Waals surface area contributed by atoms with Crippen LogP contribution in [0.15, 0.2) is 108 Å². The lowest BCUT2D eigenvalue weighted by Crippen LogP contribution is -2.30. The third-order valence-corrected chi connectivity index (χ3v) is 7.14. The lowest BCUT2D eigenvalue weighted by atomic mass is 10.1. The SMILES string of the molecule is Cc1ccc(NC(=O)CSc2cccc(NC(=O)/C(=C\c3ccc(Cl)cc3Cl)NC(=O)c3ccccc3)c2)cc1. The number of thioether (sulfide) groups is 1. The Bertz CT molecular complexity index is 1560. The van der Waals surface area contributed by atoms with Gasteiger partial charge in [-0.05, 0) is 73.2 Å². The maximum atomic E-state index is 13.3. The Morgan fingerprint density at radius 3 is 2.27 bits per heavy atom. The van der Waals surface area contributed by atoms with E-state index in [0.717, 1.165) is 16.1 Å². The summed E-state index contributed by atoms with van der Waals surface area (Å²) in [5.74, 6) is -0.943. The lowest BCUT2D eigenvalue weighted by Gasteiger charge is -2.13. The molecule has 0 radical (unpaired) electrons. The van der Waals surface area contributed by atoms with E-state index in [0.29, 0.717) is 26.9 Å². The first-order valence-corrected chi connectivity index (χ1v) is 13.9. The van der Waals surface area contributed by atoms with E-state index >= 15 is 0 Å². The van der Waals surface area contributed by atoms with Crippen molar-refractivity contribution in [3.05, 3.63) is 129 Å². The highest BCUT2D eigenvalue weighted by Crippen LogP contribution is 2.25. The van der Waals surface area contributed by atoms with E-state index in [1.165, 1.54) is 17.8 Å². The second kappa shape index (κ2) is 13.8. The van der Waals surface area contributed by atoms with Crippen molar-refractivity contribution in [2.75, 3.05) is 16.4 Å². The molecule has 0 bridgehead atoms. The van der Waals surface area contributed by atoms with E-state index in [1.54, 1.807) is 66.7 Å². The average Bonchev–Trinajstić information content (AvgIpc) is 2.94. The molecule has 9 heteroatoms. The average molecular weight is 591 g/mol. The van der Waals surface area contributed by atoms with Gasteiger partial charge in [0.15, 0.2) is 0 Å². The van der Waals surface area contributed by atoms with Gasteiger partial charge in [-0.15, -0.1) is 11.8 Å². The number of hydrogen-bond acceptors (Lipinski definition) is 4. The zero-order valence-corrected chi connectivity index (χ0v) is 23.7. The third kappa shape index (κ3) is 8.48. The van der Waals surface area contributed by atoms with Gasteiger partial charge in [-0.25, -0.2) is 0 Å². The summed E-state index contributed by atoms with van der Waals surface area (Å²) in [5, 5.41) is 9.15. The van der Waals surface area contributed by atoms with Crippen LogP contribution in [0.1, 0.15) is 21.5 Å². The van der Waals surface area contributed by atoms with Crippen LogP contribution in [0.25, 0.3) is 6.08 Å². The van der Waals surface area contributed by atoms with Crippen molar-refractivity contribution in [3.8, 4) is 0 Å². The zero-order chi connectivity index (χ0) is 28.5. The Morgan fingerprint density at radius 2 is 1.55 bits per heavy atom. The minimum atomic E-state index is -0.547. The smallest absolute Gasteiger partial charge is 0.272 e. The molecular formula is C31H25Cl2N3O3S. The van der Waals surface area contributed by atoms with E-state index in [9.17, 15) is 14.4 Å². The molecule has 3 amide bonds. The molecule has 4 aromatic rings. The number of amides is 3. The Hall–Kier alpha value is -4.04. The summed E-state index contributed by atoms with van der Waals surface area (Å²) in [4.78, 5) is 39.4. The minimum absolute atomic E-state index is 0.00592. The van der Waals surface area contributed by atoms with E-state index in [4.69, 9.17) is 23.2 Å². The van der Waals surface area contributed by atoms with Gasteiger partial charge in [-0.1, -0.05) is 71.2 Å². The van der Waals surface area contributed by atoms with Crippen molar-refractivity contribution < 1.29 is 14.4 Å². The largest absolute Gasteiger partial charge is 0.325 e. The Kier molecular flexibility index (Phi) is 10.0. The molecule has 3 N–H and O–H groups in total. The van der Waals surface area contributed by atoms with E-state index in [-0.39, 0.29) is 17.4 Å². The molecule has 0 aliphatic heterocycles. The number of carbonyl (C=O) groups excluding carboxylic acids is 3. The lowest BCUT2D eigenvalue weighted by molar-refractivity contribution is -0.114. The topological polar surface area (TPSA) is 87.3 Å². The number of nitrogens with one attached hydrogen (secondary N) is 3. The molecule has 6 nitrogen and oxygen atoms in total. The van der Waals surface area contributed by atoms with Crippen molar-refractivity contribution in [1.82, 2.24) is 5.32 Å². The van der Waals surface area contributed by atoms with Gasteiger partial charge in [0.25, 0.3) is 11.8 Å². The van der Waals surface area contributed by atoms with Crippen molar-refractivity contribution in [2.45, 2.75) is 11.8 Å². The molecule has 202 valence electrons. The number of hydrogen-bond donors (Lipinski definition) is 3. The number of halogens is 2. The summed E-state index contributed by atoms with van der Waals surface area (Å²) < 4.78 is 0. The zero-order valence-electron chi connectivity index (χ0n) is 21.4. The van der Waals surface area contributed by atoms with Gasteiger partial charge in [0.1, 0.15) is 5.70 Å². The maximum Gasteiger partial charge on any atom is 0.272 e. The summed E-state index contributed by atoms with van der Waals surface area (Å²) in [6, 6.07) is 28.1. The first kappa shape index (κ1) is 29.0. The molecule has 4 aromatic carbocycles. The van der Waals surface area contributed by atoms with Crippen LogP contribution >= 0.6 is 35.0 Å². The van der Waals surface area contributed by atoms with Crippen LogP contribution in [0.3, 0.4) is 0 Å². The number of carbonyl (C=O) groups is 3. The fraction of sp³-hybridized carbons (Fsp3) is 0.0645. The fourth-order valence-corrected chi connectivity index (χ4v) is 4.78. The second-order valence-corrected chi connectivity index (χ2v) is 10.6. The molecule has 0 saturated heterocycles. The summed E-state index contributed by atoms with van der Waals surface area (Å²) in [7, 11) is 0. The summed E-state index contributed by atoms with van der Waals surface area (Å²) >= 11 is 13.7. The Labute approximate surface area is 246 Å². The van der Waals surface area contributed by atoms with Gasteiger partial charge >= 0.3 is 0 Å². The summed E-state index contributed by atoms with van der Waals surface area (Å²) in [6.45, 7) is 1.98. The molecule has 0 fully saturated rings. The second-order valence-electron chi connectivity index (χ2n) is 8.73. The van der Waals surface area contributed by atoms with Crippen molar-refractivity contribution in [2.24, 2.45) is 0 Å². The van der Waals surface area contributed by atoms with Gasteiger partial charge in [-0.2, -0.15) is 0 Å². The van der Waals surface area contributed by atoms with Crippen LogP contribution in [-0.4, -0.2) is 23.5 Å². The van der Waals surface area contributed by atoms with E-state index in [2.05, 4.69) is 16.0 Å².